The van der Waals surface area contributed by atoms with Crippen molar-refractivity contribution in [2.75, 3.05) is 19.1 Å². The molecule has 1 aromatic carbocycles. The number of carbonyl (C=O) groups is 1. The number of aromatic amines is 1. The molecule has 4 nitrogen and oxygen atoms in total. The highest BCUT2D eigenvalue weighted by Gasteiger charge is 2.19. The molecule has 2 rings (SSSR count). The highest BCUT2D eigenvalue weighted by atomic mass is 32.2. The second-order valence-corrected chi connectivity index (χ2v) is 5.52. The van der Waals surface area contributed by atoms with Gasteiger partial charge >= 0.3 is 0 Å². The summed E-state index contributed by atoms with van der Waals surface area (Å²) in [5, 5.41) is 7.89. The number of nitrogens with one attached hydrogen (secondary N) is 1. The van der Waals surface area contributed by atoms with E-state index < -0.39 is 0 Å². The Kier molecular flexibility index (Phi) is 4.47. The van der Waals surface area contributed by atoms with Crippen molar-refractivity contribution in [3.63, 3.8) is 0 Å². The van der Waals surface area contributed by atoms with Crippen molar-refractivity contribution in [1.29, 1.82) is 0 Å². The molecule has 0 saturated carbocycles. The van der Waals surface area contributed by atoms with E-state index in [9.17, 15) is 4.79 Å². The lowest BCUT2D eigenvalue weighted by molar-refractivity contribution is 0.0744. The Labute approximate surface area is 117 Å². The monoisotopic (exact) mass is 277 g/mol. The molecule has 1 heterocycles. The van der Waals surface area contributed by atoms with E-state index in [0.717, 1.165) is 23.1 Å². The number of rotatable bonds is 5. The zero-order valence-corrected chi connectivity index (χ0v) is 12.3. The van der Waals surface area contributed by atoms with Crippen LogP contribution in [0.5, 0.6) is 0 Å². The number of aromatic nitrogens is 2. The summed E-state index contributed by atoms with van der Waals surface area (Å²) in [6, 6.07) is 5.94. The van der Waals surface area contributed by atoms with Crippen molar-refractivity contribution >= 4 is 28.6 Å². The zero-order valence-electron chi connectivity index (χ0n) is 11.5. The molecule has 1 atom stereocenters. The molecule has 0 spiro atoms. The van der Waals surface area contributed by atoms with Crippen molar-refractivity contribution in [2.45, 2.75) is 19.4 Å². The first-order chi connectivity index (χ1) is 9.17. The van der Waals surface area contributed by atoms with Gasteiger partial charge in [-0.3, -0.25) is 9.89 Å². The summed E-state index contributed by atoms with van der Waals surface area (Å²) in [5.74, 6) is 1.03. The molecule has 1 amide bonds. The topological polar surface area (TPSA) is 49.0 Å². The average Bonchev–Trinajstić information content (AvgIpc) is 2.90. The third-order valence-corrected chi connectivity index (χ3v) is 4.11. The summed E-state index contributed by atoms with van der Waals surface area (Å²) in [6.45, 7) is 2.11. The fraction of sp³-hybridized carbons (Fsp3) is 0.429. The molecule has 0 aliphatic rings. The van der Waals surface area contributed by atoms with E-state index in [0.29, 0.717) is 5.56 Å². The SMILES string of the molecule is CCC(CSC)N(C)C(=O)c1ccc2cn[nH]c2c1. The van der Waals surface area contributed by atoms with Gasteiger partial charge in [-0.15, -0.1) is 0 Å². The van der Waals surface area contributed by atoms with Crippen LogP contribution in [0.4, 0.5) is 0 Å². The van der Waals surface area contributed by atoms with E-state index >= 15 is 0 Å². The molecule has 5 heteroatoms. The van der Waals surface area contributed by atoms with Crippen molar-refractivity contribution < 1.29 is 4.79 Å². The minimum absolute atomic E-state index is 0.0670. The smallest absolute Gasteiger partial charge is 0.253 e. The van der Waals surface area contributed by atoms with Crippen LogP contribution in [-0.4, -0.2) is 46.1 Å². The zero-order chi connectivity index (χ0) is 13.8. The Morgan fingerprint density at radius 2 is 2.32 bits per heavy atom. The van der Waals surface area contributed by atoms with E-state index in [4.69, 9.17) is 0 Å². The average molecular weight is 277 g/mol. The second kappa shape index (κ2) is 6.10. The van der Waals surface area contributed by atoms with Gasteiger partial charge in [-0.1, -0.05) is 13.0 Å². The van der Waals surface area contributed by atoms with Gasteiger partial charge in [0.1, 0.15) is 0 Å². The number of hydrogen-bond acceptors (Lipinski definition) is 3. The van der Waals surface area contributed by atoms with Gasteiger partial charge in [0.25, 0.3) is 5.91 Å². The number of thioether (sulfide) groups is 1. The summed E-state index contributed by atoms with van der Waals surface area (Å²) in [5.41, 5.74) is 1.61. The van der Waals surface area contributed by atoms with E-state index in [1.807, 2.05) is 30.1 Å². The molecular weight excluding hydrogens is 258 g/mol. The standard InChI is InChI=1S/C14H19N3OS/c1-4-12(9-19-3)17(2)14(18)10-5-6-11-8-15-16-13(11)7-10/h5-8,12H,4,9H2,1-3H3,(H,15,16). The number of amides is 1. The van der Waals surface area contributed by atoms with Gasteiger partial charge in [-0.2, -0.15) is 16.9 Å². The van der Waals surface area contributed by atoms with Gasteiger partial charge in [0, 0.05) is 29.8 Å². The molecule has 0 aliphatic heterocycles. The normalized spacial score (nSPS) is 12.6. The number of benzene rings is 1. The first-order valence-electron chi connectivity index (χ1n) is 6.36. The predicted molar refractivity (Wildman–Crippen MR) is 80.6 cm³/mol. The van der Waals surface area contributed by atoms with Crippen LogP contribution < -0.4 is 0 Å². The highest BCUT2D eigenvalue weighted by Crippen LogP contribution is 2.16. The van der Waals surface area contributed by atoms with Crippen LogP contribution >= 0.6 is 11.8 Å². The molecule has 0 bridgehead atoms. The molecule has 19 heavy (non-hydrogen) atoms. The van der Waals surface area contributed by atoms with Gasteiger partial charge in [0.15, 0.2) is 0 Å². The van der Waals surface area contributed by atoms with Crippen LogP contribution in [0.3, 0.4) is 0 Å². The van der Waals surface area contributed by atoms with E-state index in [1.165, 1.54) is 0 Å². The summed E-state index contributed by atoms with van der Waals surface area (Å²) in [7, 11) is 1.88. The van der Waals surface area contributed by atoms with Crippen molar-refractivity contribution in [3.8, 4) is 0 Å². The lowest BCUT2D eigenvalue weighted by Crippen LogP contribution is -2.38. The van der Waals surface area contributed by atoms with Gasteiger partial charge in [0.05, 0.1) is 11.7 Å². The largest absolute Gasteiger partial charge is 0.338 e. The molecule has 102 valence electrons. The summed E-state index contributed by atoms with van der Waals surface area (Å²) < 4.78 is 0. The molecule has 0 saturated heterocycles. The number of hydrogen-bond donors (Lipinski definition) is 1. The molecule has 0 aliphatic carbocycles. The number of carbonyl (C=O) groups excluding carboxylic acids is 1. The van der Waals surface area contributed by atoms with Gasteiger partial charge in [-0.25, -0.2) is 0 Å². The fourth-order valence-electron chi connectivity index (χ4n) is 2.14. The van der Waals surface area contributed by atoms with Crippen LogP contribution in [0.15, 0.2) is 24.4 Å². The van der Waals surface area contributed by atoms with Crippen molar-refractivity contribution in [2.24, 2.45) is 0 Å². The van der Waals surface area contributed by atoms with Gasteiger partial charge in [-0.05, 0) is 24.8 Å². The van der Waals surface area contributed by atoms with Crippen LogP contribution in [0.2, 0.25) is 0 Å². The molecule has 1 aromatic heterocycles. The Morgan fingerprint density at radius 3 is 3.00 bits per heavy atom. The molecule has 1 unspecified atom stereocenters. The number of nitrogens with zero attached hydrogens (tertiary/aromatic N) is 2. The number of H-pyrrole nitrogens is 1. The first kappa shape index (κ1) is 13.9. The minimum atomic E-state index is 0.0670. The Hall–Kier alpha value is -1.49. The Bertz CT molecular complexity index is 567. The third kappa shape index (κ3) is 2.92. The molecule has 0 radical (unpaired) electrons. The van der Waals surface area contributed by atoms with E-state index in [-0.39, 0.29) is 11.9 Å². The van der Waals surface area contributed by atoms with Crippen LogP contribution in [0.1, 0.15) is 23.7 Å². The summed E-state index contributed by atoms with van der Waals surface area (Å²) in [4.78, 5) is 14.3. The second-order valence-electron chi connectivity index (χ2n) is 4.61. The van der Waals surface area contributed by atoms with Crippen LogP contribution in [0, 0.1) is 0 Å². The lowest BCUT2D eigenvalue weighted by Gasteiger charge is -2.26. The van der Waals surface area contributed by atoms with E-state index in [2.05, 4.69) is 23.4 Å². The predicted octanol–water partition coefficient (Wildman–Crippen LogP) is 2.78. The van der Waals surface area contributed by atoms with Gasteiger partial charge in [0.2, 0.25) is 0 Å². The lowest BCUT2D eigenvalue weighted by atomic mass is 10.1. The Morgan fingerprint density at radius 1 is 1.53 bits per heavy atom. The Balaban J connectivity index is 2.21. The third-order valence-electron chi connectivity index (χ3n) is 3.39. The van der Waals surface area contributed by atoms with E-state index in [1.54, 1.807) is 18.0 Å². The van der Waals surface area contributed by atoms with Crippen molar-refractivity contribution in [1.82, 2.24) is 15.1 Å². The highest BCUT2D eigenvalue weighted by molar-refractivity contribution is 7.98. The number of fused-ring (bicyclic) bond motifs is 1. The summed E-state index contributed by atoms with van der Waals surface area (Å²) in [6.07, 6.45) is 4.79. The molecular formula is C14H19N3OS. The van der Waals surface area contributed by atoms with Crippen LogP contribution in [-0.2, 0) is 0 Å². The van der Waals surface area contributed by atoms with Gasteiger partial charge < -0.3 is 4.90 Å². The quantitative estimate of drug-likeness (QED) is 0.914. The minimum Gasteiger partial charge on any atom is -0.338 e. The molecule has 0 fully saturated rings. The van der Waals surface area contributed by atoms with Crippen molar-refractivity contribution in [3.05, 3.63) is 30.0 Å². The maximum Gasteiger partial charge on any atom is 0.253 e. The maximum absolute atomic E-state index is 12.5. The van der Waals surface area contributed by atoms with Crippen LogP contribution in [0.25, 0.3) is 10.9 Å². The summed E-state index contributed by atoms with van der Waals surface area (Å²) >= 11 is 1.77. The molecule has 2 aromatic rings. The molecule has 1 N–H and O–H groups in total. The fourth-order valence-corrected chi connectivity index (χ4v) is 2.98. The first-order valence-corrected chi connectivity index (χ1v) is 7.76. The maximum atomic E-state index is 12.5.